The van der Waals surface area contributed by atoms with Crippen LogP contribution in [-0.4, -0.2) is 25.3 Å². The number of nitro benzene ring substituents is 1. The number of nitrogen functional groups attached to an aromatic ring is 3. The molecule has 0 aliphatic carbocycles. The molecule has 2 aromatic heterocycles. The van der Waals surface area contributed by atoms with Crippen LogP contribution in [0, 0.1) is 10.1 Å². The number of rotatable bonds is 1. The molecule has 0 saturated heterocycles. The molecule has 0 radical (unpaired) electrons. The molecule has 0 spiro atoms. The predicted octanol–water partition coefficient (Wildman–Crippen LogP) is 1.78. The van der Waals surface area contributed by atoms with Gasteiger partial charge in [-0.25, -0.2) is 0 Å². The van der Waals surface area contributed by atoms with Gasteiger partial charge in [0.05, 0.1) is 45.1 Å². The van der Waals surface area contributed by atoms with Crippen LogP contribution in [0.5, 0.6) is 0 Å². The number of hydrogen-bond acceptors (Lipinski definition) is 7. The number of anilines is 3. The van der Waals surface area contributed by atoms with Crippen molar-refractivity contribution in [3.05, 3.63) is 46.8 Å². The Balaban J connectivity index is 0.000000143. The van der Waals surface area contributed by atoms with Crippen molar-refractivity contribution in [3.8, 4) is 0 Å². The van der Waals surface area contributed by atoms with E-state index in [-0.39, 0.29) is 11.4 Å². The summed E-state index contributed by atoms with van der Waals surface area (Å²) >= 11 is 0. The molecule has 0 atom stereocenters. The van der Waals surface area contributed by atoms with E-state index >= 15 is 0 Å². The maximum absolute atomic E-state index is 10.6. The molecule has 24 heavy (non-hydrogen) atoms. The van der Waals surface area contributed by atoms with Crippen LogP contribution in [-0.2, 0) is 0 Å². The highest BCUT2D eigenvalue weighted by molar-refractivity contribution is 5.96. The molecule has 0 amide bonds. The SMILES string of the molecule is Nc1ccc2[nH]ncc2c1N.Nc1ccc2[nH]ncc2c1[N+](=O)[O-]. The highest BCUT2D eigenvalue weighted by atomic mass is 16.6. The van der Waals surface area contributed by atoms with Crippen molar-refractivity contribution < 1.29 is 4.92 Å². The van der Waals surface area contributed by atoms with Gasteiger partial charge in [0.15, 0.2) is 0 Å². The first kappa shape index (κ1) is 15.1. The summed E-state index contributed by atoms with van der Waals surface area (Å²) in [5, 5.41) is 24.9. The molecular weight excluding hydrogens is 312 g/mol. The Morgan fingerprint density at radius 3 is 2.04 bits per heavy atom. The van der Waals surface area contributed by atoms with Crippen molar-refractivity contribution in [1.82, 2.24) is 20.4 Å². The minimum Gasteiger partial charge on any atom is -0.397 e. The van der Waals surface area contributed by atoms with Gasteiger partial charge in [-0.3, -0.25) is 20.3 Å². The lowest BCUT2D eigenvalue weighted by molar-refractivity contribution is -0.382. The first-order chi connectivity index (χ1) is 11.5. The van der Waals surface area contributed by atoms with E-state index in [0.717, 1.165) is 10.9 Å². The number of fused-ring (bicyclic) bond motifs is 2. The number of aromatic nitrogens is 4. The topological polar surface area (TPSA) is 179 Å². The molecule has 0 fully saturated rings. The molecule has 0 unspecified atom stereocenters. The predicted molar refractivity (Wildman–Crippen MR) is 92.1 cm³/mol. The zero-order chi connectivity index (χ0) is 17.3. The largest absolute Gasteiger partial charge is 0.397 e. The Morgan fingerprint density at radius 1 is 0.875 bits per heavy atom. The summed E-state index contributed by atoms with van der Waals surface area (Å²) in [7, 11) is 0. The van der Waals surface area contributed by atoms with Crippen LogP contribution < -0.4 is 17.2 Å². The molecular formula is C14H14N8O2. The minimum atomic E-state index is -0.507. The second-order valence-electron chi connectivity index (χ2n) is 4.99. The Bertz CT molecular complexity index is 1040. The number of nitrogens with zero attached hydrogens (tertiary/aromatic N) is 3. The van der Waals surface area contributed by atoms with Crippen molar-refractivity contribution in [1.29, 1.82) is 0 Å². The van der Waals surface area contributed by atoms with Crippen molar-refractivity contribution in [2.75, 3.05) is 17.2 Å². The lowest BCUT2D eigenvalue weighted by Gasteiger charge is -1.98. The van der Waals surface area contributed by atoms with Crippen molar-refractivity contribution in [2.45, 2.75) is 0 Å². The third-order valence-corrected chi connectivity index (χ3v) is 3.51. The maximum Gasteiger partial charge on any atom is 0.303 e. The zero-order valence-corrected chi connectivity index (χ0v) is 12.4. The van der Waals surface area contributed by atoms with Gasteiger partial charge in [0.25, 0.3) is 0 Å². The van der Waals surface area contributed by atoms with Crippen LogP contribution in [0.15, 0.2) is 36.7 Å². The average Bonchev–Trinajstić information content (AvgIpc) is 3.20. The smallest absolute Gasteiger partial charge is 0.303 e. The number of hydrogen-bond donors (Lipinski definition) is 5. The molecule has 0 aliphatic rings. The quantitative estimate of drug-likeness (QED) is 0.201. The Hall–Kier alpha value is -3.82. The Labute approximate surface area is 134 Å². The first-order valence-electron chi connectivity index (χ1n) is 6.82. The van der Waals surface area contributed by atoms with Crippen LogP contribution in [0.2, 0.25) is 0 Å². The maximum atomic E-state index is 10.6. The summed E-state index contributed by atoms with van der Waals surface area (Å²) in [5.74, 6) is 0. The molecule has 0 aliphatic heterocycles. The van der Waals surface area contributed by atoms with E-state index in [0.29, 0.717) is 22.3 Å². The molecule has 10 nitrogen and oxygen atoms in total. The second kappa shape index (κ2) is 5.76. The van der Waals surface area contributed by atoms with E-state index in [2.05, 4.69) is 20.4 Å². The molecule has 8 N–H and O–H groups in total. The lowest BCUT2D eigenvalue weighted by atomic mass is 10.2. The monoisotopic (exact) mass is 326 g/mol. The number of aromatic amines is 2. The fraction of sp³-hybridized carbons (Fsp3) is 0. The summed E-state index contributed by atoms with van der Waals surface area (Å²) in [6.45, 7) is 0. The van der Waals surface area contributed by atoms with Gasteiger partial charge < -0.3 is 17.2 Å². The Kier molecular flexibility index (Phi) is 3.62. The molecule has 0 saturated carbocycles. The van der Waals surface area contributed by atoms with Gasteiger partial charge in [-0.15, -0.1) is 0 Å². The lowest BCUT2D eigenvalue weighted by Crippen LogP contribution is -1.95. The van der Waals surface area contributed by atoms with Crippen molar-refractivity contribution >= 4 is 44.6 Å². The fourth-order valence-electron chi connectivity index (χ4n) is 2.28. The van der Waals surface area contributed by atoms with E-state index in [9.17, 15) is 10.1 Å². The number of nitro groups is 1. The average molecular weight is 326 g/mol. The molecule has 4 aromatic rings. The minimum absolute atomic E-state index is 0.0914. The van der Waals surface area contributed by atoms with E-state index in [1.807, 2.05) is 6.07 Å². The summed E-state index contributed by atoms with van der Waals surface area (Å²) < 4.78 is 0. The second-order valence-corrected chi connectivity index (χ2v) is 4.99. The summed E-state index contributed by atoms with van der Waals surface area (Å²) in [4.78, 5) is 10.1. The van der Waals surface area contributed by atoms with Crippen LogP contribution >= 0.6 is 0 Å². The summed E-state index contributed by atoms with van der Waals surface area (Å²) in [5.41, 5.74) is 19.5. The molecule has 0 bridgehead atoms. The van der Waals surface area contributed by atoms with Gasteiger partial charge in [-0.05, 0) is 24.3 Å². The number of benzene rings is 2. The van der Waals surface area contributed by atoms with Gasteiger partial charge in [-0.1, -0.05) is 0 Å². The van der Waals surface area contributed by atoms with Crippen molar-refractivity contribution in [2.24, 2.45) is 0 Å². The normalized spacial score (nSPS) is 10.5. The van der Waals surface area contributed by atoms with Crippen LogP contribution in [0.3, 0.4) is 0 Å². The summed E-state index contributed by atoms with van der Waals surface area (Å²) in [6.07, 6.45) is 3.06. The van der Waals surface area contributed by atoms with Crippen LogP contribution in [0.1, 0.15) is 0 Å². The molecule has 122 valence electrons. The van der Waals surface area contributed by atoms with Crippen LogP contribution in [0.4, 0.5) is 22.7 Å². The van der Waals surface area contributed by atoms with Gasteiger partial charge in [0.2, 0.25) is 0 Å². The van der Waals surface area contributed by atoms with Gasteiger partial charge >= 0.3 is 5.69 Å². The van der Waals surface area contributed by atoms with Crippen LogP contribution in [0.25, 0.3) is 21.8 Å². The standard InChI is InChI=1S/C7H6N4O2.C7H8N4/c8-5-1-2-6-4(3-9-10-6)7(5)11(12)13;8-5-1-2-6-4(7(5)9)3-10-11-6/h1-3H,8H2,(H,9,10);1-3H,8-9H2,(H,10,11). The van der Waals surface area contributed by atoms with Gasteiger partial charge in [0.1, 0.15) is 5.69 Å². The van der Waals surface area contributed by atoms with E-state index < -0.39 is 4.92 Å². The van der Waals surface area contributed by atoms with Gasteiger partial charge in [0, 0.05) is 5.39 Å². The zero-order valence-electron chi connectivity index (χ0n) is 12.4. The highest BCUT2D eigenvalue weighted by Gasteiger charge is 2.16. The Morgan fingerprint density at radius 2 is 1.42 bits per heavy atom. The van der Waals surface area contributed by atoms with Crippen molar-refractivity contribution in [3.63, 3.8) is 0 Å². The fourth-order valence-corrected chi connectivity index (χ4v) is 2.28. The molecule has 4 rings (SSSR count). The third kappa shape index (κ3) is 2.52. The molecule has 10 heteroatoms. The van der Waals surface area contributed by atoms with E-state index in [4.69, 9.17) is 17.2 Å². The third-order valence-electron chi connectivity index (χ3n) is 3.51. The number of nitrogens with one attached hydrogen (secondary N) is 2. The molecule has 2 aromatic carbocycles. The number of nitrogens with two attached hydrogens (primary N) is 3. The first-order valence-corrected chi connectivity index (χ1v) is 6.82. The van der Waals surface area contributed by atoms with E-state index in [1.165, 1.54) is 12.3 Å². The molecule has 2 heterocycles. The summed E-state index contributed by atoms with van der Waals surface area (Å²) in [6, 6.07) is 6.76. The van der Waals surface area contributed by atoms with E-state index in [1.54, 1.807) is 18.3 Å². The van der Waals surface area contributed by atoms with Gasteiger partial charge in [-0.2, -0.15) is 10.2 Å². The number of H-pyrrole nitrogens is 2. The highest BCUT2D eigenvalue weighted by Crippen LogP contribution is 2.29.